The quantitative estimate of drug-likeness (QED) is 0.489. The van der Waals surface area contributed by atoms with Gasteiger partial charge >= 0.3 is 0 Å². The minimum absolute atomic E-state index is 0.0139. The Hall–Kier alpha value is -0.730. The average Bonchev–Trinajstić information content (AvgIpc) is 2.14. The Kier molecular flexibility index (Phi) is 1.37. The Balaban J connectivity index is 2.59. The summed E-state index contributed by atoms with van der Waals surface area (Å²) >= 11 is 0. The van der Waals surface area contributed by atoms with E-state index in [2.05, 4.69) is 22.4 Å². The van der Waals surface area contributed by atoms with E-state index >= 15 is 0 Å². The fourth-order valence-electron chi connectivity index (χ4n) is 0.585. The molecule has 0 amide bonds. The van der Waals surface area contributed by atoms with Gasteiger partial charge in [-0.3, -0.25) is 0 Å². The van der Waals surface area contributed by atoms with Crippen molar-refractivity contribution in [3.63, 3.8) is 0 Å². The van der Waals surface area contributed by atoms with Crippen LogP contribution in [0.15, 0.2) is 15.4 Å². The van der Waals surface area contributed by atoms with E-state index in [-0.39, 0.29) is 6.04 Å². The van der Waals surface area contributed by atoms with Gasteiger partial charge in [0.2, 0.25) is 0 Å². The summed E-state index contributed by atoms with van der Waals surface area (Å²) in [5.74, 6) is 0. The molecule has 1 aliphatic heterocycles. The molecule has 1 radical (unpaired) electrons. The molecule has 0 bridgehead atoms. The van der Waals surface area contributed by atoms with Gasteiger partial charge in [0.25, 0.3) is 0 Å². The van der Waals surface area contributed by atoms with Gasteiger partial charge < -0.3 is 0 Å². The third kappa shape index (κ3) is 0.757. The zero-order valence-electron chi connectivity index (χ0n) is 4.83. The van der Waals surface area contributed by atoms with E-state index in [1.165, 1.54) is 0 Å². The van der Waals surface area contributed by atoms with Crippen LogP contribution in [-0.4, -0.2) is 11.8 Å². The van der Waals surface area contributed by atoms with Crippen molar-refractivity contribution in [3.05, 3.63) is 6.92 Å². The third-order valence-electron chi connectivity index (χ3n) is 1.11. The summed E-state index contributed by atoms with van der Waals surface area (Å²) in [4.78, 5) is 0. The van der Waals surface area contributed by atoms with Crippen LogP contribution in [0, 0.1) is 6.92 Å². The standard InChI is InChI=1S/C5H8N3/c1-3-5-4(2)6-8-7-5/h4H,2-3H2,1H3. The lowest BCUT2D eigenvalue weighted by Gasteiger charge is -1.94. The monoisotopic (exact) mass is 110 g/mol. The maximum Gasteiger partial charge on any atom is 0.113 e. The van der Waals surface area contributed by atoms with Gasteiger partial charge in [0, 0.05) is 0 Å². The predicted molar refractivity (Wildman–Crippen MR) is 31.7 cm³/mol. The summed E-state index contributed by atoms with van der Waals surface area (Å²) in [7, 11) is 0. The van der Waals surface area contributed by atoms with Crippen LogP contribution in [0.1, 0.15) is 13.3 Å². The number of hydrogen-bond donors (Lipinski definition) is 0. The van der Waals surface area contributed by atoms with E-state index in [1.54, 1.807) is 0 Å². The molecule has 43 valence electrons. The molecular weight excluding hydrogens is 102 g/mol. The first-order chi connectivity index (χ1) is 3.84. The molecular formula is C5H8N3. The summed E-state index contributed by atoms with van der Waals surface area (Å²) in [6, 6.07) is -0.0139. The summed E-state index contributed by atoms with van der Waals surface area (Å²) in [5.41, 5.74) is 0.977. The van der Waals surface area contributed by atoms with Crippen LogP contribution in [-0.2, 0) is 0 Å². The molecule has 1 unspecified atom stereocenters. The van der Waals surface area contributed by atoms with E-state index in [0.717, 1.165) is 12.1 Å². The largest absolute Gasteiger partial charge is 0.159 e. The van der Waals surface area contributed by atoms with E-state index in [9.17, 15) is 0 Å². The summed E-state index contributed by atoms with van der Waals surface area (Å²) in [5, 5.41) is 10.9. The molecule has 0 aromatic carbocycles. The van der Waals surface area contributed by atoms with Crippen LogP contribution in [0.3, 0.4) is 0 Å². The molecule has 0 aromatic rings. The first-order valence-electron chi connectivity index (χ1n) is 2.64. The summed E-state index contributed by atoms with van der Waals surface area (Å²) in [6.07, 6.45) is 0.904. The van der Waals surface area contributed by atoms with Crippen LogP contribution < -0.4 is 0 Å². The predicted octanol–water partition coefficient (Wildman–Crippen LogP) is 1.42. The minimum Gasteiger partial charge on any atom is -0.159 e. The topological polar surface area (TPSA) is 37.1 Å². The third-order valence-corrected chi connectivity index (χ3v) is 1.11. The van der Waals surface area contributed by atoms with Crippen molar-refractivity contribution in [3.8, 4) is 0 Å². The highest BCUT2D eigenvalue weighted by Gasteiger charge is 2.10. The van der Waals surface area contributed by atoms with Gasteiger partial charge in [0.05, 0.1) is 5.71 Å². The lowest BCUT2D eigenvalue weighted by atomic mass is 10.2. The molecule has 0 saturated carbocycles. The van der Waals surface area contributed by atoms with Crippen molar-refractivity contribution < 1.29 is 0 Å². The Labute approximate surface area is 48.5 Å². The number of rotatable bonds is 1. The van der Waals surface area contributed by atoms with Crippen LogP contribution in [0.25, 0.3) is 0 Å². The molecule has 1 aliphatic rings. The maximum absolute atomic E-state index is 3.75. The zero-order valence-corrected chi connectivity index (χ0v) is 4.83. The second-order valence-electron chi connectivity index (χ2n) is 1.67. The van der Waals surface area contributed by atoms with Crippen LogP contribution in [0.5, 0.6) is 0 Å². The molecule has 0 spiro atoms. The number of nitrogens with zero attached hydrogens (tertiary/aromatic N) is 3. The summed E-state index contributed by atoms with van der Waals surface area (Å²) in [6.45, 7) is 5.72. The van der Waals surface area contributed by atoms with Gasteiger partial charge in [-0.25, -0.2) is 0 Å². The van der Waals surface area contributed by atoms with Crippen LogP contribution in [0.4, 0.5) is 0 Å². The highest BCUT2D eigenvalue weighted by molar-refractivity contribution is 5.90. The summed E-state index contributed by atoms with van der Waals surface area (Å²) < 4.78 is 0. The van der Waals surface area contributed by atoms with Crippen molar-refractivity contribution in [2.24, 2.45) is 15.4 Å². The first kappa shape index (κ1) is 5.41. The van der Waals surface area contributed by atoms with E-state index in [4.69, 9.17) is 0 Å². The molecule has 1 heterocycles. The highest BCUT2D eigenvalue weighted by atomic mass is 15.4. The maximum atomic E-state index is 3.75. The van der Waals surface area contributed by atoms with Crippen molar-refractivity contribution >= 4 is 5.71 Å². The fraction of sp³-hybridized carbons (Fsp3) is 0.600. The van der Waals surface area contributed by atoms with Crippen LogP contribution >= 0.6 is 0 Å². The first-order valence-corrected chi connectivity index (χ1v) is 2.64. The van der Waals surface area contributed by atoms with Gasteiger partial charge in [0.15, 0.2) is 0 Å². The average molecular weight is 110 g/mol. The lowest BCUT2D eigenvalue weighted by molar-refractivity contribution is 0.967. The van der Waals surface area contributed by atoms with Crippen molar-refractivity contribution in [1.29, 1.82) is 0 Å². The molecule has 0 aromatic heterocycles. The second kappa shape index (κ2) is 2.03. The lowest BCUT2D eigenvalue weighted by Crippen LogP contribution is -2.08. The Morgan fingerprint density at radius 2 is 2.50 bits per heavy atom. The highest BCUT2D eigenvalue weighted by Crippen LogP contribution is 2.05. The van der Waals surface area contributed by atoms with Crippen molar-refractivity contribution in [2.45, 2.75) is 19.4 Å². The van der Waals surface area contributed by atoms with E-state index in [0.29, 0.717) is 0 Å². The zero-order chi connectivity index (χ0) is 5.98. The Morgan fingerprint density at radius 3 is 2.75 bits per heavy atom. The van der Waals surface area contributed by atoms with Crippen LogP contribution in [0.2, 0.25) is 0 Å². The molecule has 0 fully saturated rings. The van der Waals surface area contributed by atoms with Gasteiger partial charge in [-0.05, 0) is 18.6 Å². The molecule has 3 heteroatoms. The molecule has 1 atom stereocenters. The normalized spacial score (nSPS) is 26.2. The van der Waals surface area contributed by atoms with Gasteiger partial charge in [-0.1, -0.05) is 6.92 Å². The molecule has 0 saturated heterocycles. The van der Waals surface area contributed by atoms with Crippen molar-refractivity contribution in [1.82, 2.24) is 0 Å². The van der Waals surface area contributed by atoms with Crippen molar-refractivity contribution in [2.75, 3.05) is 0 Å². The number of hydrogen-bond acceptors (Lipinski definition) is 3. The van der Waals surface area contributed by atoms with Gasteiger partial charge in [-0.2, -0.15) is 5.11 Å². The van der Waals surface area contributed by atoms with E-state index in [1.807, 2.05) is 6.92 Å². The molecule has 0 N–H and O–H groups in total. The molecule has 8 heavy (non-hydrogen) atoms. The van der Waals surface area contributed by atoms with Gasteiger partial charge in [0.1, 0.15) is 6.04 Å². The SMILES string of the molecule is [CH2]C1N=NN=C1CC. The Morgan fingerprint density at radius 1 is 1.75 bits per heavy atom. The molecule has 1 rings (SSSR count). The molecule has 0 aliphatic carbocycles. The Bertz CT molecular complexity index is 137. The van der Waals surface area contributed by atoms with E-state index < -0.39 is 0 Å². The van der Waals surface area contributed by atoms with Gasteiger partial charge in [-0.15, -0.1) is 5.10 Å². The molecule has 3 nitrogen and oxygen atoms in total. The second-order valence-corrected chi connectivity index (χ2v) is 1.67. The minimum atomic E-state index is -0.0139. The fourth-order valence-corrected chi connectivity index (χ4v) is 0.585. The smallest absolute Gasteiger partial charge is 0.113 e.